The summed E-state index contributed by atoms with van der Waals surface area (Å²) in [6.45, 7) is 5.77. The van der Waals surface area contributed by atoms with Gasteiger partial charge >= 0.3 is 0 Å². The maximum atomic E-state index is 13.3. The number of hydrogen-bond donors (Lipinski definition) is 1. The number of nitrogens with one attached hydrogen (secondary N) is 1. The van der Waals surface area contributed by atoms with Crippen molar-refractivity contribution in [3.8, 4) is 11.3 Å². The molecule has 0 unspecified atom stereocenters. The second-order valence-corrected chi connectivity index (χ2v) is 9.17. The van der Waals surface area contributed by atoms with E-state index in [-0.39, 0.29) is 23.1 Å². The van der Waals surface area contributed by atoms with Gasteiger partial charge in [0.25, 0.3) is 23.4 Å². The summed E-state index contributed by atoms with van der Waals surface area (Å²) in [5, 5.41) is 7.34. The molecule has 160 valence electrons. The fraction of sp³-hybridized carbons (Fsp3) is 0.174. The molecule has 3 aromatic heterocycles. The van der Waals surface area contributed by atoms with Crippen LogP contribution in [0, 0.1) is 20.8 Å². The Labute approximate surface area is 186 Å². The molecule has 8 nitrogen and oxygen atoms in total. The van der Waals surface area contributed by atoms with Crippen LogP contribution in [0.15, 0.2) is 34.9 Å². The number of carbonyl (C=O) groups is 3. The zero-order chi connectivity index (χ0) is 22.7. The quantitative estimate of drug-likeness (QED) is 0.469. The van der Waals surface area contributed by atoms with Crippen LogP contribution in [0.2, 0.25) is 0 Å². The lowest BCUT2D eigenvalue weighted by Crippen LogP contribution is -2.24. The Kier molecular flexibility index (Phi) is 4.45. The average Bonchev–Trinajstić information content (AvgIpc) is 3.38. The van der Waals surface area contributed by atoms with Gasteiger partial charge in [-0.05, 0) is 51.1 Å². The second-order valence-electron chi connectivity index (χ2n) is 7.71. The number of aromatic nitrogens is 2. The average molecular weight is 446 g/mol. The van der Waals surface area contributed by atoms with Crippen LogP contribution in [0.25, 0.3) is 22.4 Å². The van der Waals surface area contributed by atoms with E-state index >= 15 is 0 Å². The summed E-state index contributed by atoms with van der Waals surface area (Å²) in [5.74, 6) is -1.14. The second kappa shape index (κ2) is 7.10. The molecule has 0 aliphatic carbocycles. The smallest absolute Gasteiger partial charge is 0.261 e. The molecule has 1 N–H and O–H groups in total. The first-order valence-corrected chi connectivity index (χ1v) is 10.7. The minimum atomic E-state index is -0.395. The highest BCUT2D eigenvalue weighted by Gasteiger charge is 2.33. The molecular formula is C23H18N4O4S. The van der Waals surface area contributed by atoms with Crippen LogP contribution in [-0.2, 0) is 0 Å². The molecule has 0 radical (unpaired) electrons. The molecule has 4 aromatic rings. The first kappa shape index (κ1) is 20.1. The van der Waals surface area contributed by atoms with E-state index in [0.717, 1.165) is 20.2 Å². The number of aryl methyl sites for hydroxylation is 3. The predicted molar refractivity (Wildman–Crippen MR) is 120 cm³/mol. The molecule has 0 saturated heterocycles. The van der Waals surface area contributed by atoms with Gasteiger partial charge in [0.15, 0.2) is 0 Å². The molecule has 0 bridgehead atoms. The lowest BCUT2D eigenvalue weighted by Gasteiger charge is -2.09. The first-order chi connectivity index (χ1) is 15.2. The Morgan fingerprint density at radius 1 is 1.03 bits per heavy atom. The van der Waals surface area contributed by atoms with Crippen molar-refractivity contribution in [2.24, 2.45) is 0 Å². The van der Waals surface area contributed by atoms with Crippen molar-refractivity contribution in [1.29, 1.82) is 0 Å². The third kappa shape index (κ3) is 3.01. The number of anilines is 1. The number of pyridine rings is 1. The van der Waals surface area contributed by atoms with Gasteiger partial charge in [-0.2, -0.15) is 0 Å². The minimum absolute atomic E-state index is 0.265. The molecule has 9 heteroatoms. The first-order valence-electron chi connectivity index (χ1n) is 9.87. The molecule has 5 rings (SSSR count). The van der Waals surface area contributed by atoms with E-state index in [0.29, 0.717) is 33.6 Å². The van der Waals surface area contributed by atoms with E-state index < -0.39 is 5.91 Å². The number of benzene rings is 1. The van der Waals surface area contributed by atoms with Gasteiger partial charge in [0.2, 0.25) is 0 Å². The highest BCUT2D eigenvalue weighted by Crippen LogP contribution is 2.33. The summed E-state index contributed by atoms with van der Waals surface area (Å²) in [5.41, 5.74) is 3.76. The number of carbonyl (C=O) groups excluding carboxylic acids is 3. The summed E-state index contributed by atoms with van der Waals surface area (Å²) in [6.07, 6.45) is 0. The molecule has 0 saturated carbocycles. The minimum Gasteiger partial charge on any atom is -0.335 e. The summed E-state index contributed by atoms with van der Waals surface area (Å²) >= 11 is 1.65. The van der Waals surface area contributed by atoms with Crippen molar-refractivity contribution in [3.63, 3.8) is 0 Å². The molecule has 1 aliphatic rings. The number of fused-ring (bicyclic) bond motifs is 2. The van der Waals surface area contributed by atoms with Gasteiger partial charge in [0, 0.05) is 28.1 Å². The van der Waals surface area contributed by atoms with Gasteiger partial charge in [0.1, 0.15) is 0 Å². The van der Waals surface area contributed by atoms with Crippen LogP contribution in [-0.4, -0.2) is 39.8 Å². The third-order valence-corrected chi connectivity index (χ3v) is 6.49. The van der Waals surface area contributed by atoms with Crippen molar-refractivity contribution in [2.45, 2.75) is 20.8 Å². The SMILES string of the molecule is Cc1cc(-c2cc(C(=O)Nc3ccc4c(c3)C(=O)N(C)C4=O)c3c(C)noc3n2)c(C)s1. The summed E-state index contributed by atoms with van der Waals surface area (Å²) in [6, 6.07) is 8.42. The molecule has 0 fully saturated rings. The van der Waals surface area contributed by atoms with E-state index in [1.54, 1.807) is 36.5 Å². The maximum absolute atomic E-state index is 13.3. The van der Waals surface area contributed by atoms with E-state index in [9.17, 15) is 14.4 Å². The van der Waals surface area contributed by atoms with Crippen molar-refractivity contribution in [3.05, 3.63) is 62.5 Å². The van der Waals surface area contributed by atoms with Gasteiger partial charge in [-0.3, -0.25) is 19.3 Å². The van der Waals surface area contributed by atoms with Crippen LogP contribution >= 0.6 is 11.3 Å². The molecule has 1 aromatic carbocycles. The van der Waals surface area contributed by atoms with Crippen molar-refractivity contribution < 1.29 is 18.9 Å². The van der Waals surface area contributed by atoms with Crippen molar-refractivity contribution in [1.82, 2.24) is 15.0 Å². The third-order valence-electron chi connectivity index (χ3n) is 5.53. The molecule has 0 spiro atoms. The molecular weight excluding hydrogens is 428 g/mol. The van der Waals surface area contributed by atoms with Crippen molar-refractivity contribution >= 4 is 45.8 Å². The molecule has 32 heavy (non-hydrogen) atoms. The molecule has 1 aliphatic heterocycles. The van der Waals surface area contributed by atoms with Crippen LogP contribution < -0.4 is 5.32 Å². The molecule has 4 heterocycles. The number of rotatable bonds is 3. The van der Waals surface area contributed by atoms with E-state index in [4.69, 9.17) is 4.52 Å². The maximum Gasteiger partial charge on any atom is 0.261 e. The summed E-state index contributed by atoms with van der Waals surface area (Å²) in [7, 11) is 1.43. The fourth-order valence-electron chi connectivity index (χ4n) is 3.93. The van der Waals surface area contributed by atoms with Crippen molar-refractivity contribution in [2.75, 3.05) is 12.4 Å². The Bertz CT molecular complexity index is 1470. The highest BCUT2D eigenvalue weighted by molar-refractivity contribution is 7.12. The lowest BCUT2D eigenvalue weighted by atomic mass is 10.0. The van der Waals surface area contributed by atoms with Crippen LogP contribution in [0.5, 0.6) is 0 Å². The highest BCUT2D eigenvalue weighted by atomic mass is 32.1. The number of imide groups is 1. The molecule has 0 atom stereocenters. The fourth-order valence-corrected chi connectivity index (χ4v) is 4.87. The summed E-state index contributed by atoms with van der Waals surface area (Å²) in [4.78, 5) is 45.6. The number of nitrogens with zero attached hydrogens (tertiary/aromatic N) is 3. The van der Waals surface area contributed by atoms with Gasteiger partial charge < -0.3 is 9.84 Å². The standard InChI is InChI=1S/C23H18N4O4S/c1-10-7-15(12(3)32-10)18-9-17(19-11(2)26-31-21(19)25-18)20(28)24-13-5-6-14-16(8-13)23(30)27(4)22(14)29/h5-9H,1-4H3,(H,24,28). The number of hydrogen-bond acceptors (Lipinski definition) is 7. The number of thiophene rings is 1. The zero-order valence-electron chi connectivity index (χ0n) is 17.8. The van der Waals surface area contributed by atoms with Gasteiger partial charge in [-0.15, -0.1) is 11.3 Å². The van der Waals surface area contributed by atoms with Gasteiger partial charge in [-0.1, -0.05) is 5.16 Å². The normalized spacial score (nSPS) is 13.2. The topological polar surface area (TPSA) is 105 Å². The lowest BCUT2D eigenvalue weighted by molar-refractivity contribution is 0.0692. The van der Waals surface area contributed by atoms with E-state index in [1.165, 1.54) is 13.1 Å². The summed E-state index contributed by atoms with van der Waals surface area (Å²) < 4.78 is 5.37. The Balaban J connectivity index is 1.57. The Morgan fingerprint density at radius 3 is 2.50 bits per heavy atom. The van der Waals surface area contributed by atoms with Crippen LogP contribution in [0.4, 0.5) is 5.69 Å². The monoisotopic (exact) mass is 446 g/mol. The largest absolute Gasteiger partial charge is 0.335 e. The van der Waals surface area contributed by atoms with Crippen LogP contribution in [0.3, 0.4) is 0 Å². The Morgan fingerprint density at radius 2 is 1.78 bits per heavy atom. The van der Waals surface area contributed by atoms with E-state index in [1.807, 2.05) is 19.9 Å². The number of amides is 3. The van der Waals surface area contributed by atoms with Gasteiger partial charge in [0.05, 0.1) is 33.5 Å². The predicted octanol–water partition coefficient (Wildman–Crippen LogP) is 4.35. The zero-order valence-corrected chi connectivity index (χ0v) is 18.6. The van der Waals surface area contributed by atoms with E-state index in [2.05, 4.69) is 15.5 Å². The Hall–Kier alpha value is -3.85. The van der Waals surface area contributed by atoms with Crippen LogP contribution in [0.1, 0.15) is 46.5 Å². The van der Waals surface area contributed by atoms with Gasteiger partial charge in [-0.25, -0.2) is 4.98 Å². The molecule has 3 amide bonds.